The van der Waals surface area contributed by atoms with Crippen LogP contribution in [-0.2, 0) is 16.6 Å². The highest BCUT2D eigenvalue weighted by atomic mass is 35.5. The lowest BCUT2D eigenvalue weighted by atomic mass is 10.2. The SMILES string of the molecule is O=S(=O)(NC(=S)NCc1ccccc1)c1ccc(Cl)cc1. The van der Waals surface area contributed by atoms with Gasteiger partial charge in [0, 0.05) is 11.6 Å². The van der Waals surface area contributed by atoms with Crippen LogP contribution in [0, 0.1) is 0 Å². The molecule has 0 spiro atoms. The molecule has 4 nitrogen and oxygen atoms in total. The Morgan fingerprint density at radius 1 is 1.05 bits per heavy atom. The molecule has 2 N–H and O–H groups in total. The van der Waals surface area contributed by atoms with E-state index in [4.69, 9.17) is 23.8 Å². The number of thiocarbonyl (C=S) groups is 1. The lowest BCUT2D eigenvalue weighted by molar-refractivity contribution is 0.592. The maximum absolute atomic E-state index is 12.1. The quantitative estimate of drug-likeness (QED) is 0.840. The van der Waals surface area contributed by atoms with Crippen molar-refractivity contribution in [3.05, 3.63) is 65.2 Å². The van der Waals surface area contributed by atoms with Crippen molar-refractivity contribution in [3.63, 3.8) is 0 Å². The van der Waals surface area contributed by atoms with Crippen LogP contribution in [0.3, 0.4) is 0 Å². The molecule has 21 heavy (non-hydrogen) atoms. The van der Waals surface area contributed by atoms with Crippen molar-refractivity contribution in [1.29, 1.82) is 0 Å². The summed E-state index contributed by atoms with van der Waals surface area (Å²) in [6.07, 6.45) is 0. The van der Waals surface area contributed by atoms with E-state index in [1.165, 1.54) is 24.3 Å². The lowest BCUT2D eigenvalue weighted by Gasteiger charge is -2.11. The Hall–Kier alpha value is -1.63. The van der Waals surface area contributed by atoms with Crippen LogP contribution in [0.15, 0.2) is 59.5 Å². The molecule has 2 rings (SSSR count). The molecular formula is C14H13ClN2O2S2. The highest BCUT2D eigenvalue weighted by Crippen LogP contribution is 2.13. The Bertz CT molecular complexity index is 716. The predicted octanol–water partition coefficient (Wildman–Crippen LogP) is 2.69. The summed E-state index contributed by atoms with van der Waals surface area (Å²) in [4.78, 5) is 0.107. The maximum atomic E-state index is 12.1. The first kappa shape index (κ1) is 15.8. The molecule has 0 amide bonds. The summed E-state index contributed by atoms with van der Waals surface area (Å²) in [6, 6.07) is 15.4. The minimum absolute atomic E-state index is 0.0498. The zero-order chi connectivity index (χ0) is 15.3. The Kier molecular flexibility index (Phi) is 5.17. The number of halogens is 1. The largest absolute Gasteiger partial charge is 0.358 e. The van der Waals surface area contributed by atoms with Crippen LogP contribution >= 0.6 is 23.8 Å². The number of sulfonamides is 1. The lowest BCUT2D eigenvalue weighted by Crippen LogP contribution is -2.38. The molecule has 0 unspecified atom stereocenters. The summed E-state index contributed by atoms with van der Waals surface area (Å²) in [5.74, 6) is 0. The minimum atomic E-state index is -3.69. The summed E-state index contributed by atoms with van der Waals surface area (Å²) < 4.78 is 26.5. The molecule has 0 aliphatic rings. The Labute approximate surface area is 134 Å². The summed E-state index contributed by atoms with van der Waals surface area (Å²) in [5.41, 5.74) is 1.01. The molecule has 0 saturated heterocycles. The van der Waals surface area contributed by atoms with E-state index >= 15 is 0 Å². The molecule has 0 radical (unpaired) electrons. The van der Waals surface area contributed by atoms with Crippen molar-refractivity contribution in [2.24, 2.45) is 0 Å². The Morgan fingerprint density at radius 2 is 1.67 bits per heavy atom. The zero-order valence-electron chi connectivity index (χ0n) is 10.9. The molecule has 0 bridgehead atoms. The topological polar surface area (TPSA) is 58.2 Å². The van der Waals surface area contributed by atoms with Gasteiger partial charge in [-0.15, -0.1) is 0 Å². The third-order valence-electron chi connectivity index (χ3n) is 2.65. The third kappa shape index (κ3) is 4.70. The van der Waals surface area contributed by atoms with Crippen molar-refractivity contribution < 1.29 is 8.42 Å². The van der Waals surface area contributed by atoms with Crippen LogP contribution < -0.4 is 10.0 Å². The number of hydrogen-bond acceptors (Lipinski definition) is 3. The number of benzene rings is 2. The van der Waals surface area contributed by atoms with Gasteiger partial charge in [0.2, 0.25) is 0 Å². The predicted molar refractivity (Wildman–Crippen MR) is 87.7 cm³/mol. The van der Waals surface area contributed by atoms with Gasteiger partial charge in [0.25, 0.3) is 10.0 Å². The van der Waals surface area contributed by atoms with Gasteiger partial charge in [-0.2, -0.15) is 0 Å². The van der Waals surface area contributed by atoms with Crippen LogP contribution in [0.1, 0.15) is 5.56 Å². The van der Waals surface area contributed by atoms with E-state index in [-0.39, 0.29) is 10.0 Å². The highest BCUT2D eigenvalue weighted by molar-refractivity contribution is 7.91. The van der Waals surface area contributed by atoms with Crippen LogP contribution in [0.4, 0.5) is 0 Å². The molecule has 0 heterocycles. The summed E-state index contributed by atoms with van der Waals surface area (Å²) in [7, 11) is -3.69. The van der Waals surface area contributed by atoms with Gasteiger partial charge in [0.1, 0.15) is 0 Å². The normalized spacial score (nSPS) is 10.9. The van der Waals surface area contributed by atoms with Gasteiger partial charge in [0.15, 0.2) is 5.11 Å². The van der Waals surface area contributed by atoms with Crippen molar-refractivity contribution in [3.8, 4) is 0 Å². The van der Waals surface area contributed by atoms with Crippen LogP contribution in [0.5, 0.6) is 0 Å². The fraction of sp³-hybridized carbons (Fsp3) is 0.0714. The van der Waals surface area contributed by atoms with Gasteiger partial charge in [-0.05, 0) is 42.0 Å². The van der Waals surface area contributed by atoms with Crippen LogP contribution in [0.25, 0.3) is 0 Å². The maximum Gasteiger partial charge on any atom is 0.263 e. The van der Waals surface area contributed by atoms with Gasteiger partial charge in [0.05, 0.1) is 4.90 Å². The van der Waals surface area contributed by atoms with Crippen LogP contribution in [-0.4, -0.2) is 13.5 Å². The molecule has 0 aromatic heterocycles. The third-order valence-corrected chi connectivity index (χ3v) is 4.64. The minimum Gasteiger partial charge on any atom is -0.358 e. The number of rotatable bonds is 4. The summed E-state index contributed by atoms with van der Waals surface area (Å²) >= 11 is 10.7. The van der Waals surface area contributed by atoms with E-state index < -0.39 is 10.0 Å². The molecule has 110 valence electrons. The summed E-state index contributed by atoms with van der Waals surface area (Å²) in [5, 5.41) is 3.37. The van der Waals surface area contributed by atoms with E-state index in [9.17, 15) is 8.42 Å². The molecule has 7 heteroatoms. The second-order valence-corrected chi connectivity index (χ2v) is 6.75. The molecule has 2 aromatic carbocycles. The molecule has 2 aromatic rings. The monoisotopic (exact) mass is 340 g/mol. The molecule has 0 aliphatic heterocycles. The van der Waals surface area contributed by atoms with Gasteiger partial charge in [-0.25, -0.2) is 8.42 Å². The zero-order valence-corrected chi connectivity index (χ0v) is 13.3. The van der Waals surface area contributed by atoms with Crippen molar-refractivity contribution >= 4 is 39.0 Å². The molecular weight excluding hydrogens is 328 g/mol. The van der Waals surface area contributed by atoms with Gasteiger partial charge in [-0.3, -0.25) is 4.72 Å². The first-order chi connectivity index (χ1) is 9.97. The van der Waals surface area contributed by atoms with Crippen molar-refractivity contribution in [1.82, 2.24) is 10.0 Å². The van der Waals surface area contributed by atoms with Crippen molar-refractivity contribution in [2.45, 2.75) is 11.4 Å². The molecule has 0 fully saturated rings. The standard InChI is InChI=1S/C14H13ClN2O2S2/c15-12-6-8-13(9-7-12)21(18,19)17-14(20)16-10-11-4-2-1-3-5-11/h1-9H,10H2,(H2,16,17,20). The number of hydrogen-bond donors (Lipinski definition) is 2. The summed E-state index contributed by atoms with van der Waals surface area (Å²) in [6.45, 7) is 0.447. The molecule has 0 saturated carbocycles. The van der Waals surface area contributed by atoms with Crippen molar-refractivity contribution in [2.75, 3.05) is 0 Å². The second kappa shape index (κ2) is 6.89. The first-order valence-corrected chi connectivity index (χ1v) is 8.34. The fourth-order valence-corrected chi connectivity index (χ4v) is 3.06. The Morgan fingerprint density at radius 3 is 2.29 bits per heavy atom. The van der Waals surface area contributed by atoms with E-state index in [2.05, 4.69) is 10.0 Å². The van der Waals surface area contributed by atoms with Gasteiger partial charge < -0.3 is 5.32 Å². The van der Waals surface area contributed by atoms with E-state index in [0.717, 1.165) is 5.56 Å². The smallest absolute Gasteiger partial charge is 0.263 e. The van der Waals surface area contributed by atoms with Crippen LogP contribution in [0.2, 0.25) is 5.02 Å². The van der Waals surface area contributed by atoms with E-state index in [1.807, 2.05) is 30.3 Å². The molecule has 0 atom stereocenters. The van der Waals surface area contributed by atoms with E-state index in [0.29, 0.717) is 11.6 Å². The number of nitrogens with one attached hydrogen (secondary N) is 2. The average molecular weight is 341 g/mol. The van der Waals surface area contributed by atoms with E-state index in [1.54, 1.807) is 0 Å². The first-order valence-electron chi connectivity index (χ1n) is 6.07. The fourth-order valence-electron chi connectivity index (χ4n) is 1.61. The Balaban J connectivity index is 1.97. The van der Waals surface area contributed by atoms with Gasteiger partial charge in [-0.1, -0.05) is 41.9 Å². The average Bonchev–Trinajstić information content (AvgIpc) is 2.46. The molecule has 0 aliphatic carbocycles. The van der Waals surface area contributed by atoms with Gasteiger partial charge >= 0.3 is 0 Å². The second-order valence-electron chi connectivity index (χ2n) is 4.23. The highest BCUT2D eigenvalue weighted by Gasteiger charge is 2.15.